The minimum atomic E-state index is -4.44. The molecule has 17 heavy (non-hydrogen) atoms. The summed E-state index contributed by atoms with van der Waals surface area (Å²) >= 11 is 2.07. The predicted octanol–water partition coefficient (Wildman–Crippen LogP) is 3.44. The first kappa shape index (κ1) is 14.4. The second-order valence-corrected chi connectivity index (χ2v) is 4.67. The van der Waals surface area contributed by atoms with E-state index in [0.29, 0.717) is 5.56 Å². The quantitative estimate of drug-likeness (QED) is 0.609. The Morgan fingerprint density at radius 2 is 1.88 bits per heavy atom. The molecule has 0 radical (unpaired) electrons. The van der Waals surface area contributed by atoms with Crippen LogP contribution in [0.3, 0.4) is 0 Å². The maximum atomic E-state index is 12.1. The van der Waals surface area contributed by atoms with E-state index in [9.17, 15) is 18.0 Å². The molecule has 94 valence electrons. The lowest BCUT2D eigenvalue weighted by Crippen LogP contribution is -2.30. The van der Waals surface area contributed by atoms with Crippen LogP contribution in [0.15, 0.2) is 24.3 Å². The Morgan fingerprint density at radius 1 is 1.35 bits per heavy atom. The van der Waals surface area contributed by atoms with Gasteiger partial charge in [0.25, 0.3) is 0 Å². The van der Waals surface area contributed by atoms with Gasteiger partial charge in [0.05, 0.1) is 0 Å². The molecule has 0 aromatic heterocycles. The maximum absolute atomic E-state index is 12.1. The molecule has 0 aliphatic carbocycles. The number of carbonyl (C=O) groups excluding carboxylic acids is 1. The van der Waals surface area contributed by atoms with Crippen molar-refractivity contribution in [2.24, 2.45) is 0 Å². The minimum Gasteiger partial charge on any atom is -0.361 e. The normalized spacial score (nSPS) is 13.5. The monoisotopic (exact) mass is 358 g/mol. The summed E-state index contributed by atoms with van der Waals surface area (Å²) in [5.41, 5.74) is 0.347. The zero-order chi connectivity index (χ0) is 13.1. The van der Waals surface area contributed by atoms with Gasteiger partial charge in [-0.3, -0.25) is 4.79 Å². The summed E-state index contributed by atoms with van der Waals surface area (Å²) in [6, 6.07) is 6.54. The highest BCUT2D eigenvalue weighted by atomic mass is 127. The molecule has 1 aromatic rings. The highest BCUT2D eigenvalue weighted by Crippen LogP contribution is 2.22. The number of alkyl halides is 3. The first-order valence-corrected chi connectivity index (χ1v) is 5.85. The largest absolute Gasteiger partial charge is 0.414 e. The summed E-state index contributed by atoms with van der Waals surface area (Å²) in [6.45, 7) is 0.308. The third-order valence-corrected chi connectivity index (χ3v) is 2.81. The number of ketones is 1. The maximum Gasteiger partial charge on any atom is 0.414 e. The molecule has 0 N–H and O–H groups in total. The van der Waals surface area contributed by atoms with E-state index >= 15 is 0 Å². The summed E-state index contributed by atoms with van der Waals surface area (Å²) in [5.74, 6) is -0.461. The van der Waals surface area contributed by atoms with Gasteiger partial charge in [0.1, 0.15) is 6.61 Å². The van der Waals surface area contributed by atoms with Crippen LogP contribution in [0, 0.1) is 3.57 Å². The standard InChI is InChI=1S/C11H10F3IO2/c1-7(11(12,13)14)17-6-10(16)8-2-4-9(15)5-3-8/h2-5,7H,6H2,1H3. The molecule has 1 rings (SSSR count). The summed E-state index contributed by atoms with van der Waals surface area (Å²) in [5, 5.41) is 0. The third kappa shape index (κ3) is 4.63. The number of hydrogen-bond donors (Lipinski definition) is 0. The van der Waals surface area contributed by atoms with Gasteiger partial charge >= 0.3 is 6.18 Å². The van der Waals surface area contributed by atoms with Crippen molar-refractivity contribution < 1.29 is 22.7 Å². The molecule has 0 spiro atoms. The number of hydrogen-bond acceptors (Lipinski definition) is 2. The zero-order valence-electron chi connectivity index (χ0n) is 8.92. The van der Waals surface area contributed by atoms with E-state index in [2.05, 4.69) is 27.3 Å². The molecule has 0 aliphatic rings. The van der Waals surface area contributed by atoms with Crippen molar-refractivity contribution in [3.05, 3.63) is 33.4 Å². The summed E-state index contributed by atoms with van der Waals surface area (Å²) < 4.78 is 41.8. The first-order valence-electron chi connectivity index (χ1n) is 4.78. The van der Waals surface area contributed by atoms with Gasteiger partial charge in [-0.15, -0.1) is 0 Å². The molecule has 1 atom stereocenters. The van der Waals surface area contributed by atoms with Crippen molar-refractivity contribution >= 4 is 28.4 Å². The van der Waals surface area contributed by atoms with Crippen molar-refractivity contribution in [3.63, 3.8) is 0 Å². The smallest absolute Gasteiger partial charge is 0.361 e. The van der Waals surface area contributed by atoms with Crippen molar-refractivity contribution in [1.82, 2.24) is 0 Å². The Balaban J connectivity index is 2.53. The molecular weight excluding hydrogens is 348 g/mol. The molecular formula is C11H10F3IO2. The minimum absolute atomic E-state index is 0.347. The van der Waals surface area contributed by atoms with Crippen molar-refractivity contribution in [1.29, 1.82) is 0 Å². The van der Waals surface area contributed by atoms with Crippen LogP contribution < -0.4 is 0 Å². The lowest BCUT2D eigenvalue weighted by molar-refractivity contribution is -0.210. The van der Waals surface area contributed by atoms with Gasteiger partial charge in [0.15, 0.2) is 11.9 Å². The van der Waals surface area contributed by atoms with Gasteiger partial charge in [0.2, 0.25) is 0 Å². The van der Waals surface area contributed by atoms with Crippen LogP contribution >= 0.6 is 22.6 Å². The van der Waals surface area contributed by atoms with Gasteiger partial charge in [-0.1, -0.05) is 12.1 Å². The van der Waals surface area contributed by atoms with Crippen LogP contribution in [-0.4, -0.2) is 24.7 Å². The lowest BCUT2D eigenvalue weighted by Gasteiger charge is -2.15. The average molecular weight is 358 g/mol. The van der Waals surface area contributed by atoms with Gasteiger partial charge in [-0.2, -0.15) is 13.2 Å². The number of benzene rings is 1. The van der Waals surface area contributed by atoms with Crippen LogP contribution in [0.25, 0.3) is 0 Å². The Kier molecular flexibility index (Phi) is 4.93. The Hall–Kier alpha value is -0.630. The van der Waals surface area contributed by atoms with E-state index in [1.54, 1.807) is 24.3 Å². The SMILES string of the molecule is CC(OCC(=O)c1ccc(I)cc1)C(F)(F)F. The topological polar surface area (TPSA) is 26.3 Å². The van der Waals surface area contributed by atoms with Crippen LogP contribution in [0.4, 0.5) is 13.2 Å². The Bertz CT molecular complexity index is 387. The molecule has 0 fully saturated rings. The molecule has 0 aliphatic heterocycles. The summed E-state index contributed by atoms with van der Waals surface area (Å²) in [6.07, 6.45) is -6.37. The van der Waals surface area contributed by atoms with E-state index in [0.717, 1.165) is 10.5 Å². The molecule has 1 unspecified atom stereocenters. The van der Waals surface area contributed by atoms with Crippen LogP contribution in [0.1, 0.15) is 17.3 Å². The molecule has 0 saturated heterocycles. The molecule has 0 saturated carbocycles. The number of halogens is 4. The molecule has 1 aromatic carbocycles. The lowest BCUT2D eigenvalue weighted by atomic mass is 10.1. The van der Waals surface area contributed by atoms with Crippen molar-refractivity contribution in [3.8, 4) is 0 Å². The van der Waals surface area contributed by atoms with E-state index in [4.69, 9.17) is 0 Å². The van der Waals surface area contributed by atoms with Crippen molar-refractivity contribution in [2.75, 3.05) is 6.61 Å². The fourth-order valence-electron chi connectivity index (χ4n) is 1.01. The van der Waals surface area contributed by atoms with E-state index in [-0.39, 0.29) is 0 Å². The van der Waals surface area contributed by atoms with Crippen LogP contribution in [-0.2, 0) is 4.74 Å². The zero-order valence-corrected chi connectivity index (χ0v) is 11.1. The third-order valence-electron chi connectivity index (χ3n) is 2.09. The fourth-order valence-corrected chi connectivity index (χ4v) is 1.37. The van der Waals surface area contributed by atoms with Gasteiger partial charge in [-0.05, 0) is 41.6 Å². The molecule has 6 heteroatoms. The molecule has 0 heterocycles. The predicted molar refractivity (Wildman–Crippen MR) is 65.0 cm³/mol. The molecule has 0 amide bonds. The Labute approximate surface area is 110 Å². The average Bonchev–Trinajstić information content (AvgIpc) is 2.25. The summed E-state index contributed by atoms with van der Waals surface area (Å²) in [7, 11) is 0. The summed E-state index contributed by atoms with van der Waals surface area (Å²) in [4.78, 5) is 11.5. The number of ether oxygens (including phenoxy) is 1. The van der Waals surface area contributed by atoms with E-state index in [1.165, 1.54) is 0 Å². The number of Topliss-reactive ketones (excluding diaryl/α,β-unsaturated/α-hetero) is 1. The van der Waals surface area contributed by atoms with E-state index in [1.807, 2.05) is 0 Å². The Morgan fingerprint density at radius 3 is 2.35 bits per heavy atom. The van der Waals surface area contributed by atoms with E-state index < -0.39 is 24.7 Å². The molecule has 2 nitrogen and oxygen atoms in total. The second-order valence-electron chi connectivity index (χ2n) is 3.42. The highest BCUT2D eigenvalue weighted by Gasteiger charge is 2.37. The van der Waals surface area contributed by atoms with Crippen LogP contribution in [0.5, 0.6) is 0 Å². The van der Waals surface area contributed by atoms with Gasteiger partial charge < -0.3 is 4.74 Å². The fraction of sp³-hybridized carbons (Fsp3) is 0.364. The number of rotatable bonds is 4. The first-order chi connectivity index (χ1) is 7.80. The van der Waals surface area contributed by atoms with Crippen LogP contribution in [0.2, 0.25) is 0 Å². The van der Waals surface area contributed by atoms with Gasteiger partial charge in [-0.25, -0.2) is 0 Å². The van der Waals surface area contributed by atoms with Crippen molar-refractivity contribution in [2.45, 2.75) is 19.2 Å². The molecule has 0 bridgehead atoms. The van der Waals surface area contributed by atoms with Gasteiger partial charge in [0, 0.05) is 9.13 Å². The second kappa shape index (κ2) is 5.81. The highest BCUT2D eigenvalue weighted by molar-refractivity contribution is 14.1. The number of carbonyl (C=O) groups is 1.